The van der Waals surface area contributed by atoms with Gasteiger partial charge in [-0.1, -0.05) is 30.3 Å². The lowest BCUT2D eigenvalue weighted by atomic mass is 10.1. The predicted molar refractivity (Wildman–Crippen MR) is 107 cm³/mol. The van der Waals surface area contributed by atoms with Crippen LogP contribution in [-0.4, -0.2) is 14.5 Å². The second-order valence-electron chi connectivity index (χ2n) is 6.06. The molecule has 2 aromatic carbocycles. The molecule has 0 amide bonds. The van der Waals surface area contributed by atoms with E-state index in [4.69, 9.17) is 12.2 Å². The molecule has 0 aliphatic rings. The molecule has 0 saturated carbocycles. The number of hydrogen-bond donors (Lipinski definition) is 2. The number of thiocarbonyl (C=S) groups is 1. The Morgan fingerprint density at radius 3 is 2.25 bits per heavy atom. The van der Waals surface area contributed by atoms with Gasteiger partial charge in [-0.05, 0) is 43.4 Å². The highest BCUT2D eigenvalue weighted by atomic mass is 32.1. The van der Waals surface area contributed by atoms with Crippen molar-refractivity contribution in [1.29, 1.82) is 0 Å². The standard InChI is InChI=1S/C19H17F3N4OS/c1-12-16(17(27)26(25(12)2)13-8-4-3-5-9-13)24-18(28)23-15-11-7-6-10-14(15)19(20,21)22/h3-11H,1-2H3,(H2,23,24,28). The van der Waals surface area contributed by atoms with Gasteiger partial charge in [0.25, 0.3) is 5.56 Å². The molecule has 0 bridgehead atoms. The smallest absolute Gasteiger partial charge is 0.332 e. The molecule has 2 N–H and O–H groups in total. The van der Waals surface area contributed by atoms with Crippen molar-refractivity contribution in [3.63, 3.8) is 0 Å². The van der Waals surface area contributed by atoms with Gasteiger partial charge in [-0.25, -0.2) is 4.68 Å². The maximum atomic E-state index is 13.1. The molecule has 1 aromatic heterocycles. The Balaban J connectivity index is 1.90. The van der Waals surface area contributed by atoms with Crippen molar-refractivity contribution in [1.82, 2.24) is 9.36 Å². The van der Waals surface area contributed by atoms with E-state index >= 15 is 0 Å². The SMILES string of the molecule is Cc1c(NC(=S)Nc2ccccc2C(F)(F)F)c(=O)n(-c2ccccc2)n1C. The zero-order chi connectivity index (χ0) is 20.5. The summed E-state index contributed by atoms with van der Waals surface area (Å²) in [6.07, 6.45) is -4.53. The van der Waals surface area contributed by atoms with Crippen LogP contribution in [0.3, 0.4) is 0 Å². The number of aromatic nitrogens is 2. The Hall–Kier alpha value is -3.07. The molecular formula is C19H17F3N4OS. The van der Waals surface area contributed by atoms with E-state index in [0.29, 0.717) is 11.4 Å². The lowest BCUT2D eigenvalue weighted by molar-refractivity contribution is -0.136. The van der Waals surface area contributed by atoms with Gasteiger partial charge in [0, 0.05) is 7.05 Å². The van der Waals surface area contributed by atoms with Crippen LogP contribution >= 0.6 is 12.2 Å². The third-order valence-electron chi connectivity index (χ3n) is 4.27. The van der Waals surface area contributed by atoms with E-state index in [1.165, 1.54) is 22.9 Å². The maximum absolute atomic E-state index is 13.1. The molecule has 0 atom stereocenters. The normalized spacial score (nSPS) is 11.3. The van der Waals surface area contributed by atoms with Crippen LogP contribution in [-0.2, 0) is 13.2 Å². The first kappa shape index (κ1) is 19.7. The van der Waals surface area contributed by atoms with Crippen LogP contribution in [0.1, 0.15) is 11.3 Å². The van der Waals surface area contributed by atoms with E-state index in [1.807, 2.05) is 6.07 Å². The summed E-state index contributed by atoms with van der Waals surface area (Å²) in [5.41, 5.74) is 0.0393. The van der Waals surface area contributed by atoms with Gasteiger partial charge in [-0.15, -0.1) is 0 Å². The first-order valence-corrected chi connectivity index (χ1v) is 8.69. The highest BCUT2D eigenvalue weighted by Crippen LogP contribution is 2.34. The number of para-hydroxylation sites is 2. The number of nitrogens with zero attached hydrogens (tertiary/aromatic N) is 2. The van der Waals surface area contributed by atoms with Crippen LogP contribution < -0.4 is 16.2 Å². The molecule has 28 heavy (non-hydrogen) atoms. The Kier molecular flexibility index (Phi) is 5.28. The van der Waals surface area contributed by atoms with Gasteiger partial charge in [-0.2, -0.15) is 13.2 Å². The molecule has 0 fully saturated rings. The molecule has 3 aromatic rings. The van der Waals surface area contributed by atoms with Crippen LogP contribution in [0.4, 0.5) is 24.5 Å². The van der Waals surface area contributed by atoms with E-state index < -0.39 is 11.7 Å². The third kappa shape index (κ3) is 3.79. The van der Waals surface area contributed by atoms with E-state index in [9.17, 15) is 18.0 Å². The van der Waals surface area contributed by atoms with Crippen molar-refractivity contribution in [2.24, 2.45) is 7.05 Å². The summed E-state index contributed by atoms with van der Waals surface area (Å²) in [6, 6.07) is 14.0. The van der Waals surface area contributed by atoms with Crippen LogP contribution in [0, 0.1) is 6.92 Å². The van der Waals surface area contributed by atoms with E-state index in [1.54, 1.807) is 42.9 Å². The van der Waals surface area contributed by atoms with E-state index in [2.05, 4.69) is 10.6 Å². The van der Waals surface area contributed by atoms with Crippen LogP contribution in [0.25, 0.3) is 5.69 Å². The van der Waals surface area contributed by atoms with Crippen molar-refractivity contribution in [2.75, 3.05) is 10.6 Å². The number of alkyl halides is 3. The molecule has 0 unspecified atom stereocenters. The minimum atomic E-state index is -4.53. The molecule has 5 nitrogen and oxygen atoms in total. The van der Waals surface area contributed by atoms with Crippen molar-refractivity contribution in [2.45, 2.75) is 13.1 Å². The Morgan fingerprint density at radius 1 is 1.00 bits per heavy atom. The van der Waals surface area contributed by atoms with Crippen LogP contribution in [0.5, 0.6) is 0 Å². The molecule has 146 valence electrons. The molecular weight excluding hydrogens is 389 g/mol. The Labute approximate surface area is 164 Å². The summed E-state index contributed by atoms with van der Waals surface area (Å²) < 4.78 is 42.5. The van der Waals surface area contributed by atoms with Gasteiger partial charge < -0.3 is 10.6 Å². The van der Waals surface area contributed by atoms with Gasteiger partial charge in [0.2, 0.25) is 0 Å². The first-order valence-electron chi connectivity index (χ1n) is 8.28. The fraction of sp³-hybridized carbons (Fsp3) is 0.158. The topological polar surface area (TPSA) is 51.0 Å². The molecule has 9 heteroatoms. The average molecular weight is 406 g/mol. The van der Waals surface area contributed by atoms with Gasteiger partial charge in [0.15, 0.2) is 5.11 Å². The Bertz CT molecular complexity index is 1070. The predicted octanol–water partition coefficient (Wildman–Crippen LogP) is 4.31. The van der Waals surface area contributed by atoms with E-state index in [-0.39, 0.29) is 22.0 Å². The molecule has 3 rings (SSSR count). The monoisotopic (exact) mass is 406 g/mol. The quantitative estimate of drug-likeness (QED) is 0.637. The maximum Gasteiger partial charge on any atom is 0.418 e. The van der Waals surface area contributed by atoms with Gasteiger partial charge >= 0.3 is 6.18 Å². The summed E-state index contributed by atoms with van der Waals surface area (Å²) in [5, 5.41) is 5.16. The summed E-state index contributed by atoms with van der Waals surface area (Å²) in [4.78, 5) is 12.8. The summed E-state index contributed by atoms with van der Waals surface area (Å²) in [6.45, 7) is 1.72. The van der Waals surface area contributed by atoms with Crippen molar-refractivity contribution in [3.05, 3.63) is 76.2 Å². The highest BCUT2D eigenvalue weighted by Gasteiger charge is 2.33. The number of anilines is 2. The lowest BCUT2D eigenvalue weighted by Gasteiger charge is -2.15. The third-order valence-corrected chi connectivity index (χ3v) is 4.48. The molecule has 0 aliphatic heterocycles. The first-order chi connectivity index (χ1) is 13.2. The number of hydrogen-bond acceptors (Lipinski definition) is 2. The minimum absolute atomic E-state index is 0.109. The van der Waals surface area contributed by atoms with Crippen LogP contribution in [0.15, 0.2) is 59.4 Å². The zero-order valence-corrected chi connectivity index (χ0v) is 15.9. The minimum Gasteiger partial charge on any atom is -0.332 e. The van der Waals surface area contributed by atoms with Crippen LogP contribution in [0.2, 0.25) is 0 Å². The fourth-order valence-corrected chi connectivity index (χ4v) is 3.03. The van der Waals surface area contributed by atoms with Gasteiger partial charge in [0.1, 0.15) is 5.69 Å². The highest BCUT2D eigenvalue weighted by molar-refractivity contribution is 7.80. The molecule has 0 saturated heterocycles. The van der Waals surface area contributed by atoms with Crippen molar-refractivity contribution in [3.8, 4) is 5.69 Å². The number of nitrogens with one attached hydrogen (secondary N) is 2. The molecule has 0 aliphatic carbocycles. The summed E-state index contributed by atoms with van der Waals surface area (Å²) in [7, 11) is 1.71. The fourth-order valence-electron chi connectivity index (χ4n) is 2.82. The lowest BCUT2D eigenvalue weighted by Crippen LogP contribution is -2.26. The number of rotatable bonds is 3. The van der Waals surface area contributed by atoms with Gasteiger partial charge in [-0.3, -0.25) is 9.48 Å². The molecule has 0 radical (unpaired) electrons. The zero-order valence-electron chi connectivity index (χ0n) is 15.0. The molecule has 0 spiro atoms. The van der Waals surface area contributed by atoms with E-state index in [0.717, 1.165) is 6.07 Å². The Morgan fingerprint density at radius 2 is 1.61 bits per heavy atom. The second kappa shape index (κ2) is 7.51. The van der Waals surface area contributed by atoms with Crippen molar-refractivity contribution < 1.29 is 13.2 Å². The molecule has 1 heterocycles. The second-order valence-corrected chi connectivity index (χ2v) is 6.47. The average Bonchev–Trinajstić information content (AvgIpc) is 2.85. The largest absolute Gasteiger partial charge is 0.418 e. The number of benzene rings is 2. The number of halogens is 3. The van der Waals surface area contributed by atoms with Crippen molar-refractivity contribution >= 4 is 28.7 Å². The summed E-state index contributed by atoms with van der Waals surface area (Å²) >= 11 is 5.14. The summed E-state index contributed by atoms with van der Waals surface area (Å²) in [5.74, 6) is 0. The van der Waals surface area contributed by atoms with Gasteiger partial charge in [0.05, 0.1) is 22.6 Å².